The zero-order valence-corrected chi connectivity index (χ0v) is 12.2. The van der Waals surface area contributed by atoms with E-state index >= 15 is 0 Å². The zero-order valence-electron chi connectivity index (χ0n) is 12.2. The quantitative estimate of drug-likeness (QED) is 0.767. The van der Waals surface area contributed by atoms with Crippen LogP contribution in [0.3, 0.4) is 0 Å². The molecule has 0 unspecified atom stereocenters. The van der Waals surface area contributed by atoms with Crippen LogP contribution in [0.15, 0.2) is 24.3 Å². The lowest BCUT2D eigenvalue weighted by Gasteiger charge is -2.07. The standard InChI is InChI=1S/C16H23NO3/c1-12(2)11-14-5-3-13(4-6-14)7-8-15(18)17-10-9-16(19)20/h3-6,12H,7-11H2,1-2H3,(H,17,18)(H,19,20). The summed E-state index contributed by atoms with van der Waals surface area (Å²) in [6.07, 6.45) is 2.11. The third kappa shape index (κ3) is 6.92. The van der Waals surface area contributed by atoms with Gasteiger partial charge in [0.25, 0.3) is 0 Å². The van der Waals surface area contributed by atoms with Crippen molar-refractivity contribution in [1.29, 1.82) is 0 Å². The molecule has 1 aromatic rings. The molecule has 110 valence electrons. The van der Waals surface area contributed by atoms with Crippen LogP contribution < -0.4 is 5.32 Å². The Kier molecular flexibility index (Phi) is 6.77. The van der Waals surface area contributed by atoms with E-state index in [-0.39, 0.29) is 18.9 Å². The number of carboxylic acids is 1. The van der Waals surface area contributed by atoms with Gasteiger partial charge in [0, 0.05) is 13.0 Å². The van der Waals surface area contributed by atoms with Gasteiger partial charge < -0.3 is 10.4 Å². The lowest BCUT2D eigenvalue weighted by atomic mass is 10.0. The number of amides is 1. The maximum Gasteiger partial charge on any atom is 0.305 e. The Hall–Kier alpha value is -1.84. The smallest absolute Gasteiger partial charge is 0.305 e. The topological polar surface area (TPSA) is 66.4 Å². The molecule has 4 nitrogen and oxygen atoms in total. The van der Waals surface area contributed by atoms with Gasteiger partial charge in [-0.25, -0.2) is 0 Å². The molecule has 0 atom stereocenters. The summed E-state index contributed by atoms with van der Waals surface area (Å²) in [6, 6.07) is 8.33. The van der Waals surface area contributed by atoms with Crippen molar-refractivity contribution in [2.75, 3.05) is 6.54 Å². The lowest BCUT2D eigenvalue weighted by Crippen LogP contribution is -2.26. The van der Waals surface area contributed by atoms with Crippen molar-refractivity contribution in [3.8, 4) is 0 Å². The molecule has 0 aliphatic rings. The predicted octanol–water partition coefficient (Wildman–Crippen LogP) is 2.41. The summed E-state index contributed by atoms with van der Waals surface area (Å²) in [5.74, 6) is -0.357. The fraction of sp³-hybridized carbons (Fsp3) is 0.500. The Bertz CT molecular complexity index is 438. The number of benzene rings is 1. The fourth-order valence-electron chi connectivity index (χ4n) is 1.97. The molecule has 0 spiro atoms. The monoisotopic (exact) mass is 277 g/mol. The van der Waals surface area contributed by atoms with Crippen LogP contribution >= 0.6 is 0 Å². The molecule has 0 aliphatic heterocycles. The Morgan fingerprint density at radius 1 is 1.10 bits per heavy atom. The number of aliphatic carboxylic acids is 1. The molecule has 0 bridgehead atoms. The molecule has 0 heterocycles. The zero-order chi connectivity index (χ0) is 15.0. The second-order valence-electron chi connectivity index (χ2n) is 5.41. The van der Waals surface area contributed by atoms with Gasteiger partial charge in [-0.1, -0.05) is 38.1 Å². The van der Waals surface area contributed by atoms with Gasteiger partial charge in [-0.2, -0.15) is 0 Å². The Morgan fingerprint density at radius 2 is 1.70 bits per heavy atom. The maximum absolute atomic E-state index is 11.5. The van der Waals surface area contributed by atoms with Crippen molar-refractivity contribution >= 4 is 11.9 Å². The molecule has 0 fully saturated rings. The van der Waals surface area contributed by atoms with Gasteiger partial charge in [-0.15, -0.1) is 0 Å². The fourth-order valence-corrected chi connectivity index (χ4v) is 1.97. The van der Waals surface area contributed by atoms with E-state index in [1.807, 2.05) is 0 Å². The summed E-state index contributed by atoms with van der Waals surface area (Å²) in [5.41, 5.74) is 2.44. The molecule has 0 saturated heterocycles. The van der Waals surface area contributed by atoms with Crippen LogP contribution in [0.1, 0.15) is 37.8 Å². The third-order valence-corrected chi connectivity index (χ3v) is 2.97. The van der Waals surface area contributed by atoms with Crippen LogP contribution in [0.4, 0.5) is 0 Å². The maximum atomic E-state index is 11.5. The van der Waals surface area contributed by atoms with Crippen molar-refractivity contribution in [2.45, 2.75) is 39.5 Å². The van der Waals surface area contributed by atoms with Crippen molar-refractivity contribution < 1.29 is 14.7 Å². The number of carboxylic acid groups (broad SMARTS) is 1. The highest BCUT2D eigenvalue weighted by Gasteiger charge is 2.04. The molecule has 0 radical (unpaired) electrons. The SMILES string of the molecule is CC(C)Cc1ccc(CCC(=O)NCCC(=O)O)cc1. The van der Waals surface area contributed by atoms with E-state index in [0.29, 0.717) is 18.8 Å². The van der Waals surface area contributed by atoms with E-state index in [1.165, 1.54) is 5.56 Å². The molecule has 2 N–H and O–H groups in total. The van der Waals surface area contributed by atoms with Gasteiger partial charge in [0.2, 0.25) is 5.91 Å². The van der Waals surface area contributed by atoms with Gasteiger partial charge >= 0.3 is 5.97 Å². The first kappa shape index (κ1) is 16.2. The van der Waals surface area contributed by atoms with Crippen molar-refractivity contribution in [1.82, 2.24) is 5.32 Å². The number of carbonyl (C=O) groups is 2. The first-order valence-electron chi connectivity index (χ1n) is 7.03. The average molecular weight is 277 g/mol. The van der Waals surface area contributed by atoms with Crippen molar-refractivity contribution in [3.63, 3.8) is 0 Å². The van der Waals surface area contributed by atoms with E-state index in [2.05, 4.69) is 43.4 Å². The number of hydrogen-bond donors (Lipinski definition) is 2. The normalized spacial score (nSPS) is 10.6. The molecule has 0 aliphatic carbocycles. The average Bonchev–Trinajstić information content (AvgIpc) is 2.37. The molecule has 0 aromatic heterocycles. The highest BCUT2D eigenvalue weighted by molar-refractivity contribution is 5.77. The molecular weight excluding hydrogens is 254 g/mol. The minimum atomic E-state index is -0.897. The predicted molar refractivity (Wildman–Crippen MR) is 78.6 cm³/mol. The molecule has 0 saturated carbocycles. The first-order chi connectivity index (χ1) is 9.47. The Morgan fingerprint density at radius 3 is 2.25 bits per heavy atom. The first-order valence-corrected chi connectivity index (χ1v) is 7.03. The third-order valence-electron chi connectivity index (χ3n) is 2.97. The number of aryl methyl sites for hydroxylation is 1. The highest BCUT2D eigenvalue weighted by Crippen LogP contribution is 2.11. The van der Waals surface area contributed by atoms with Crippen LogP contribution in [-0.4, -0.2) is 23.5 Å². The van der Waals surface area contributed by atoms with Crippen molar-refractivity contribution in [3.05, 3.63) is 35.4 Å². The van der Waals surface area contributed by atoms with Gasteiger partial charge in [0.05, 0.1) is 6.42 Å². The van der Waals surface area contributed by atoms with Crippen LogP contribution in [0.5, 0.6) is 0 Å². The Balaban J connectivity index is 2.30. The second kappa shape index (κ2) is 8.35. The van der Waals surface area contributed by atoms with Crippen molar-refractivity contribution in [2.24, 2.45) is 5.92 Å². The molecule has 1 amide bonds. The summed E-state index contributed by atoms with van der Waals surface area (Å²) in [5, 5.41) is 11.1. The van der Waals surface area contributed by atoms with Crippen LogP contribution in [0.25, 0.3) is 0 Å². The van der Waals surface area contributed by atoms with Gasteiger partial charge in [-0.05, 0) is 29.9 Å². The lowest BCUT2D eigenvalue weighted by molar-refractivity contribution is -0.136. The molecule has 4 heteroatoms. The number of nitrogens with one attached hydrogen (secondary N) is 1. The van der Waals surface area contributed by atoms with E-state index in [0.717, 1.165) is 12.0 Å². The summed E-state index contributed by atoms with van der Waals surface area (Å²) < 4.78 is 0. The van der Waals surface area contributed by atoms with E-state index in [4.69, 9.17) is 5.11 Å². The van der Waals surface area contributed by atoms with E-state index in [9.17, 15) is 9.59 Å². The number of rotatable bonds is 8. The molecular formula is C16H23NO3. The highest BCUT2D eigenvalue weighted by atomic mass is 16.4. The van der Waals surface area contributed by atoms with Gasteiger partial charge in [-0.3, -0.25) is 9.59 Å². The molecule has 20 heavy (non-hydrogen) atoms. The summed E-state index contributed by atoms with van der Waals surface area (Å²) in [4.78, 5) is 21.8. The minimum Gasteiger partial charge on any atom is -0.481 e. The summed E-state index contributed by atoms with van der Waals surface area (Å²) >= 11 is 0. The largest absolute Gasteiger partial charge is 0.481 e. The second-order valence-corrected chi connectivity index (χ2v) is 5.41. The summed E-state index contributed by atoms with van der Waals surface area (Å²) in [6.45, 7) is 4.58. The van der Waals surface area contributed by atoms with Crippen LogP contribution in [0.2, 0.25) is 0 Å². The van der Waals surface area contributed by atoms with E-state index < -0.39 is 5.97 Å². The summed E-state index contributed by atoms with van der Waals surface area (Å²) in [7, 11) is 0. The van der Waals surface area contributed by atoms with Gasteiger partial charge in [0.15, 0.2) is 0 Å². The number of carbonyl (C=O) groups excluding carboxylic acids is 1. The molecule has 1 rings (SSSR count). The van der Waals surface area contributed by atoms with Crippen LogP contribution in [-0.2, 0) is 22.4 Å². The molecule has 1 aromatic carbocycles. The van der Waals surface area contributed by atoms with E-state index in [1.54, 1.807) is 0 Å². The minimum absolute atomic E-state index is 0.0321. The van der Waals surface area contributed by atoms with Gasteiger partial charge in [0.1, 0.15) is 0 Å². The Labute approximate surface area is 120 Å². The number of hydrogen-bond acceptors (Lipinski definition) is 2. The van der Waals surface area contributed by atoms with Crippen LogP contribution in [0, 0.1) is 5.92 Å².